The van der Waals surface area contributed by atoms with Gasteiger partial charge >= 0.3 is 0 Å². The fraction of sp³-hybridized carbons (Fsp3) is 0.304. The van der Waals surface area contributed by atoms with Crippen molar-refractivity contribution in [3.05, 3.63) is 70.7 Å². The summed E-state index contributed by atoms with van der Waals surface area (Å²) in [5.41, 5.74) is 5.27. The molecule has 1 aliphatic heterocycles. The lowest BCUT2D eigenvalue weighted by atomic mass is 9.92. The summed E-state index contributed by atoms with van der Waals surface area (Å²) >= 11 is 0. The van der Waals surface area contributed by atoms with E-state index in [4.69, 9.17) is 9.72 Å². The van der Waals surface area contributed by atoms with E-state index in [0.29, 0.717) is 5.95 Å². The maximum atomic E-state index is 13.2. The van der Waals surface area contributed by atoms with Crippen molar-refractivity contribution >= 4 is 17.5 Å². The van der Waals surface area contributed by atoms with Crippen LogP contribution in [0.15, 0.2) is 42.5 Å². The minimum atomic E-state index is -0.270. The number of benzene rings is 2. The quantitative estimate of drug-likeness (QED) is 0.669. The lowest BCUT2D eigenvalue weighted by Crippen LogP contribution is -2.35. The number of methoxy groups -OCH3 is 1. The van der Waals surface area contributed by atoms with Crippen LogP contribution < -0.4 is 15.0 Å². The van der Waals surface area contributed by atoms with Gasteiger partial charge in [-0.3, -0.25) is 0 Å². The maximum Gasteiger partial charge on any atom is 0.229 e. The number of halogens is 1. The highest BCUT2D eigenvalue weighted by Crippen LogP contribution is 2.38. The molecule has 0 saturated carbocycles. The van der Waals surface area contributed by atoms with Crippen molar-refractivity contribution in [1.29, 1.82) is 0 Å². The van der Waals surface area contributed by atoms with E-state index < -0.39 is 0 Å². The summed E-state index contributed by atoms with van der Waals surface area (Å²) in [6.45, 7) is 7.09. The van der Waals surface area contributed by atoms with Crippen LogP contribution in [-0.4, -0.2) is 23.6 Å². The van der Waals surface area contributed by atoms with Gasteiger partial charge in [-0.25, -0.2) is 9.37 Å². The average molecular weight is 392 g/mol. The molecule has 1 aliphatic rings. The summed E-state index contributed by atoms with van der Waals surface area (Å²) in [6.07, 6.45) is 0.896. The molecule has 2 aromatic carbocycles. The number of hydrogen-bond acceptors (Lipinski definition) is 5. The van der Waals surface area contributed by atoms with Crippen LogP contribution in [0.5, 0.6) is 5.75 Å². The Balaban J connectivity index is 1.69. The van der Waals surface area contributed by atoms with Crippen molar-refractivity contribution in [2.75, 3.05) is 23.9 Å². The number of nitrogens with one attached hydrogen (secondary N) is 1. The summed E-state index contributed by atoms with van der Waals surface area (Å²) in [7, 11) is 1.72. The van der Waals surface area contributed by atoms with E-state index in [1.54, 1.807) is 19.2 Å². The minimum absolute atomic E-state index is 0.167. The smallest absolute Gasteiger partial charge is 0.229 e. The fourth-order valence-corrected chi connectivity index (χ4v) is 3.93. The largest absolute Gasteiger partial charge is 0.496 e. The molecular formula is C23H25FN4O. The summed E-state index contributed by atoms with van der Waals surface area (Å²) < 4.78 is 18.8. The molecule has 0 aliphatic carbocycles. The molecule has 1 atom stereocenters. The van der Waals surface area contributed by atoms with Crippen molar-refractivity contribution in [2.24, 2.45) is 0 Å². The number of hydrogen-bond donors (Lipinski definition) is 1. The van der Waals surface area contributed by atoms with E-state index in [2.05, 4.69) is 35.1 Å². The highest BCUT2D eigenvalue weighted by molar-refractivity contribution is 5.60. The van der Waals surface area contributed by atoms with Crippen LogP contribution in [0.1, 0.15) is 35.3 Å². The Kier molecular flexibility index (Phi) is 5.09. The first-order chi connectivity index (χ1) is 14.0. The van der Waals surface area contributed by atoms with E-state index in [1.807, 2.05) is 19.1 Å². The van der Waals surface area contributed by atoms with E-state index in [0.717, 1.165) is 41.5 Å². The topological polar surface area (TPSA) is 50.3 Å². The second-order valence-corrected chi connectivity index (χ2v) is 7.36. The van der Waals surface area contributed by atoms with Gasteiger partial charge in [-0.2, -0.15) is 4.98 Å². The molecular weight excluding hydrogens is 367 g/mol. The van der Waals surface area contributed by atoms with Crippen molar-refractivity contribution in [2.45, 2.75) is 33.2 Å². The molecule has 0 fully saturated rings. The van der Waals surface area contributed by atoms with Crippen LogP contribution >= 0.6 is 0 Å². The summed E-state index contributed by atoms with van der Waals surface area (Å²) in [5.74, 6) is 2.11. The highest BCUT2D eigenvalue weighted by Gasteiger charge is 2.28. The highest BCUT2D eigenvalue weighted by atomic mass is 19.1. The molecule has 3 aromatic rings. The number of anilines is 3. The summed E-state index contributed by atoms with van der Waals surface area (Å²) in [4.78, 5) is 11.7. The number of aryl methyl sites for hydroxylation is 1. The number of ether oxygens (including phenoxy) is 1. The van der Waals surface area contributed by atoms with Crippen LogP contribution in [-0.2, 0) is 6.42 Å². The SMILES string of the molecule is COc1cccc2c1CCN(c1nc(Nc3ccc(F)cc3)nc(C)c1C)C2C. The van der Waals surface area contributed by atoms with Crippen LogP contribution in [0.2, 0.25) is 0 Å². The predicted molar refractivity (Wildman–Crippen MR) is 114 cm³/mol. The van der Waals surface area contributed by atoms with E-state index in [9.17, 15) is 4.39 Å². The first-order valence-corrected chi connectivity index (χ1v) is 9.78. The maximum absolute atomic E-state index is 13.2. The third-order valence-corrected chi connectivity index (χ3v) is 5.65. The van der Waals surface area contributed by atoms with Crippen molar-refractivity contribution in [3.63, 3.8) is 0 Å². The molecule has 4 rings (SSSR count). The average Bonchev–Trinajstić information content (AvgIpc) is 2.72. The van der Waals surface area contributed by atoms with Gasteiger partial charge in [0.15, 0.2) is 0 Å². The van der Waals surface area contributed by atoms with Gasteiger partial charge < -0.3 is 15.0 Å². The molecule has 0 saturated heterocycles. The normalized spacial score (nSPS) is 15.8. The van der Waals surface area contributed by atoms with Crippen LogP contribution in [0, 0.1) is 19.7 Å². The minimum Gasteiger partial charge on any atom is -0.496 e. The second kappa shape index (κ2) is 7.70. The Bertz CT molecular complexity index is 1040. The molecule has 1 aromatic heterocycles. The van der Waals surface area contributed by atoms with Crippen molar-refractivity contribution in [3.8, 4) is 5.75 Å². The fourth-order valence-electron chi connectivity index (χ4n) is 3.93. The van der Waals surface area contributed by atoms with Gasteiger partial charge in [0, 0.05) is 29.1 Å². The summed E-state index contributed by atoms with van der Waals surface area (Å²) in [6, 6.07) is 12.6. The van der Waals surface area contributed by atoms with Crippen molar-refractivity contribution in [1.82, 2.24) is 9.97 Å². The van der Waals surface area contributed by atoms with E-state index in [1.165, 1.54) is 23.3 Å². The van der Waals surface area contributed by atoms with Gasteiger partial charge in [0.25, 0.3) is 0 Å². The third-order valence-electron chi connectivity index (χ3n) is 5.65. The number of nitrogens with zero attached hydrogens (tertiary/aromatic N) is 3. The zero-order valence-electron chi connectivity index (χ0n) is 17.2. The Hall–Kier alpha value is -3.15. The Labute approximate surface area is 170 Å². The number of fused-ring (bicyclic) bond motifs is 1. The molecule has 29 heavy (non-hydrogen) atoms. The van der Waals surface area contributed by atoms with Crippen LogP contribution in [0.25, 0.3) is 0 Å². The lowest BCUT2D eigenvalue weighted by molar-refractivity contribution is 0.405. The monoisotopic (exact) mass is 392 g/mol. The van der Waals surface area contributed by atoms with Gasteiger partial charge in [-0.15, -0.1) is 0 Å². The summed E-state index contributed by atoms with van der Waals surface area (Å²) in [5, 5.41) is 3.20. The van der Waals surface area contributed by atoms with Gasteiger partial charge in [-0.1, -0.05) is 12.1 Å². The third kappa shape index (κ3) is 3.62. The van der Waals surface area contributed by atoms with Gasteiger partial charge in [0.05, 0.1) is 13.2 Å². The Morgan fingerprint density at radius 3 is 2.59 bits per heavy atom. The zero-order valence-corrected chi connectivity index (χ0v) is 17.2. The Morgan fingerprint density at radius 2 is 1.86 bits per heavy atom. The second-order valence-electron chi connectivity index (χ2n) is 7.36. The van der Waals surface area contributed by atoms with E-state index >= 15 is 0 Å². The molecule has 6 heteroatoms. The molecule has 0 spiro atoms. The van der Waals surface area contributed by atoms with Gasteiger partial charge in [-0.05, 0) is 63.1 Å². The predicted octanol–water partition coefficient (Wildman–Crippen LogP) is 5.11. The molecule has 0 radical (unpaired) electrons. The first-order valence-electron chi connectivity index (χ1n) is 9.78. The zero-order chi connectivity index (χ0) is 20.5. The Morgan fingerprint density at radius 1 is 1.10 bits per heavy atom. The molecule has 1 unspecified atom stereocenters. The lowest BCUT2D eigenvalue weighted by Gasteiger charge is -2.37. The van der Waals surface area contributed by atoms with Crippen LogP contribution in [0.4, 0.5) is 21.8 Å². The standard InChI is InChI=1S/C23H25FN4O/c1-14-15(2)25-23(26-18-10-8-17(24)9-11-18)27-22(14)28-13-12-20-19(16(28)3)6-5-7-21(20)29-4/h5-11,16H,12-13H2,1-4H3,(H,25,26,27). The molecule has 150 valence electrons. The molecule has 0 amide bonds. The van der Waals surface area contributed by atoms with E-state index in [-0.39, 0.29) is 11.9 Å². The molecule has 0 bridgehead atoms. The number of rotatable bonds is 4. The molecule has 5 nitrogen and oxygen atoms in total. The van der Waals surface area contributed by atoms with Crippen molar-refractivity contribution < 1.29 is 9.13 Å². The molecule has 2 heterocycles. The van der Waals surface area contributed by atoms with Gasteiger partial charge in [0.2, 0.25) is 5.95 Å². The first kappa shape index (κ1) is 19.2. The van der Waals surface area contributed by atoms with Gasteiger partial charge in [0.1, 0.15) is 17.4 Å². The number of aromatic nitrogens is 2. The van der Waals surface area contributed by atoms with Crippen LogP contribution in [0.3, 0.4) is 0 Å². The molecule has 1 N–H and O–H groups in total.